The highest BCUT2D eigenvalue weighted by molar-refractivity contribution is 8.00. The van der Waals surface area contributed by atoms with Crippen LogP contribution in [0.5, 0.6) is 0 Å². The van der Waals surface area contributed by atoms with Crippen LogP contribution in [0.3, 0.4) is 0 Å². The number of hydrogen-bond donors (Lipinski definition) is 1. The third kappa shape index (κ3) is 2.85. The molecule has 1 saturated heterocycles. The zero-order valence-electron chi connectivity index (χ0n) is 8.80. The van der Waals surface area contributed by atoms with E-state index < -0.39 is 12.0 Å². The van der Waals surface area contributed by atoms with E-state index in [-0.39, 0.29) is 17.9 Å². The van der Waals surface area contributed by atoms with E-state index in [2.05, 4.69) is 0 Å². The molecule has 0 bridgehead atoms. The fraction of sp³-hybridized carbons (Fsp3) is 0.778. The SMILES string of the molecule is CCOCC(=O)N1C(C)SCC1C(=O)O. The maximum absolute atomic E-state index is 11.7. The predicted molar refractivity (Wildman–Crippen MR) is 56.7 cm³/mol. The van der Waals surface area contributed by atoms with Gasteiger partial charge in [-0.1, -0.05) is 0 Å². The molecule has 1 amide bonds. The van der Waals surface area contributed by atoms with Crippen molar-refractivity contribution in [2.24, 2.45) is 0 Å². The average Bonchev–Trinajstić information content (AvgIpc) is 2.56. The van der Waals surface area contributed by atoms with Gasteiger partial charge in [0.15, 0.2) is 0 Å². The molecule has 0 aromatic heterocycles. The Morgan fingerprint density at radius 1 is 1.60 bits per heavy atom. The first-order valence-electron chi connectivity index (χ1n) is 4.81. The van der Waals surface area contributed by atoms with Crippen LogP contribution in [0.4, 0.5) is 0 Å². The van der Waals surface area contributed by atoms with Gasteiger partial charge in [0.05, 0.1) is 5.37 Å². The van der Waals surface area contributed by atoms with Crippen LogP contribution in [-0.2, 0) is 14.3 Å². The number of carbonyl (C=O) groups is 2. The molecule has 0 aromatic carbocycles. The maximum atomic E-state index is 11.7. The lowest BCUT2D eigenvalue weighted by Gasteiger charge is -2.24. The van der Waals surface area contributed by atoms with Gasteiger partial charge in [-0.2, -0.15) is 0 Å². The summed E-state index contributed by atoms with van der Waals surface area (Å²) in [7, 11) is 0. The average molecular weight is 233 g/mol. The van der Waals surface area contributed by atoms with E-state index in [1.54, 1.807) is 6.92 Å². The van der Waals surface area contributed by atoms with Gasteiger partial charge in [0, 0.05) is 12.4 Å². The Morgan fingerprint density at radius 2 is 2.27 bits per heavy atom. The first-order valence-corrected chi connectivity index (χ1v) is 5.86. The lowest BCUT2D eigenvalue weighted by molar-refractivity contribution is -0.150. The molecule has 86 valence electrons. The van der Waals surface area contributed by atoms with E-state index in [0.29, 0.717) is 12.4 Å². The monoisotopic (exact) mass is 233 g/mol. The van der Waals surface area contributed by atoms with Gasteiger partial charge < -0.3 is 14.7 Å². The molecular weight excluding hydrogens is 218 g/mol. The Hall–Kier alpha value is -0.750. The number of hydrogen-bond acceptors (Lipinski definition) is 4. The quantitative estimate of drug-likeness (QED) is 0.761. The number of carboxylic acids is 1. The van der Waals surface area contributed by atoms with Gasteiger partial charge in [-0.25, -0.2) is 4.79 Å². The Balaban J connectivity index is 2.63. The minimum Gasteiger partial charge on any atom is -0.480 e. The first-order chi connectivity index (χ1) is 7.07. The molecule has 1 rings (SSSR count). The zero-order chi connectivity index (χ0) is 11.4. The van der Waals surface area contributed by atoms with Gasteiger partial charge in [0.2, 0.25) is 5.91 Å². The summed E-state index contributed by atoms with van der Waals surface area (Å²) in [6.07, 6.45) is 0. The van der Waals surface area contributed by atoms with Crippen LogP contribution < -0.4 is 0 Å². The van der Waals surface area contributed by atoms with Crippen molar-refractivity contribution in [1.82, 2.24) is 4.90 Å². The summed E-state index contributed by atoms with van der Waals surface area (Å²) in [5, 5.41) is 8.84. The van der Waals surface area contributed by atoms with Crippen molar-refractivity contribution in [3.8, 4) is 0 Å². The second-order valence-electron chi connectivity index (χ2n) is 3.22. The lowest BCUT2D eigenvalue weighted by Crippen LogP contribution is -2.46. The number of carbonyl (C=O) groups excluding carboxylic acids is 1. The number of ether oxygens (including phenoxy) is 1. The summed E-state index contributed by atoms with van der Waals surface area (Å²) in [5.74, 6) is -0.743. The van der Waals surface area contributed by atoms with Crippen LogP contribution in [0.15, 0.2) is 0 Å². The van der Waals surface area contributed by atoms with Crippen LogP contribution >= 0.6 is 11.8 Å². The number of amides is 1. The standard InChI is InChI=1S/C9H15NO4S/c1-3-14-4-8(11)10-6(2)15-5-7(10)9(12)13/h6-7H,3-5H2,1-2H3,(H,12,13). The van der Waals surface area contributed by atoms with E-state index in [1.807, 2.05) is 6.92 Å². The third-order valence-electron chi connectivity index (χ3n) is 2.23. The predicted octanol–water partition coefficient (Wildman–Crippen LogP) is 0.397. The minimum atomic E-state index is -0.948. The molecule has 2 unspecified atom stereocenters. The molecule has 1 N–H and O–H groups in total. The van der Waals surface area contributed by atoms with E-state index in [1.165, 1.54) is 16.7 Å². The normalized spacial score (nSPS) is 25.6. The third-order valence-corrected chi connectivity index (χ3v) is 3.44. The Bertz CT molecular complexity index is 258. The van der Waals surface area contributed by atoms with E-state index in [0.717, 1.165) is 0 Å². The molecule has 0 aliphatic carbocycles. The molecule has 1 fully saturated rings. The lowest BCUT2D eigenvalue weighted by atomic mass is 10.3. The van der Waals surface area contributed by atoms with Crippen molar-refractivity contribution in [2.45, 2.75) is 25.3 Å². The largest absolute Gasteiger partial charge is 0.480 e. The second kappa shape index (κ2) is 5.37. The molecule has 0 spiro atoms. The fourth-order valence-corrected chi connectivity index (χ4v) is 2.66. The van der Waals surface area contributed by atoms with Crippen molar-refractivity contribution in [2.75, 3.05) is 19.0 Å². The van der Waals surface area contributed by atoms with Crippen molar-refractivity contribution in [3.05, 3.63) is 0 Å². The van der Waals surface area contributed by atoms with Gasteiger partial charge >= 0.3 is 5.97 Å². The topological polar surface area (TPSA) is 66.8 Å². The summed E-state index contributed by atoms with van der Waals surface area (Å²) in [6, 6.07) is -0.710. The summed E-state index contributed by atoms with van der Waals surface area (Å²) in [5.41, 5.74) is 0. The Morgan fingerprint density at radius 3 is 2.80 bits per heavy atom. The number of nitrogens with zero attached hydrogens (tertiary/aromatic N) is 1. The molecule has 0 aromatic rings. The molecule has 15 heavy (non-hydrogen) atoms. The molecule has 0 radical (unpaired) electrons. The van der Waals surface area contributed by atoms with Crippen molar-refractivity contribution in [1.29, 1.82) is 0 Å². The van der Waals surface area contributed by atoms with E-state index >= 15 is 0 Å². The van der Waals surface area contributed by atoms with Crippen LogP contribution in [-0.4, -0.2) is 52.3 Å². The van der Waals surface area contributed by atoms with Gasteiger partial charge in [0.1, 0.15) is 12.6 Å². The molecular formula is C9H15NO4S. The smallest absolute Gasteiger partial charge is 0.327 e. The second-order valence-corrected chi connectivity index (χ2v) is 4.57. The van der Waals surface area contributed by atoms with Crippen LogP contribution in [0.25, 0.3) is 0 Å². The summed E-state index contributed by atoms with van der Waals surface area (Å²) >= 11 is 1.47. The zero-order valence-corrected chi connectivity index (χ0v) is 9.62. The van der Waals surface area contributed by atoms with Crippen LogP contribution in [0.1, 0.15) is 13.8 Å². The van der Waals surface area contributed by atoms with Gasteiger partial charge in [-0.3, -0.25) is 4.79 Å². The summed E-state index contributed by atoms with van der Waals surface area (Å²) in [6.45, 7) is 4.05. The number of thioether (sulfide) groups is 1. The molecule has 1 aliphatic rings. The van der Waals surface area contributed by atoms with Gasteiger partial charge in [-0.05, 0) is 13.8 Å². The molecule has 5 nitrogen and oxygen atoms in total. The van der Waals surface area contributed by atoms with Crippen molar-refractivity contribution >= 4 is 23.6 Å². The summed E-state index contributed by atoms with van der Waals surface area (Å²) in [4.78, 5) is 23.9. The van der Waals surface area contributed by atoms with E-state index in [4.69, 9.17) is 9.84 Å². The van der Waals surface area contributed by atoms with Crippen molar-refractivity contribution in [3.63, 3.8) is 0 Å². The summed E-state index contributed by atoms with van der Waals surface area (Å²) < 4.78 is 4.99. The maximum Gasteiger partial charge on any atom is 0.327 e. The Labute approximate surface area is 92.8 Å². The van der Waals surface area contributed by atoms with Crippen LogP contribution in [0, 0.1) is 0 Å². The molecule has 1 aliphatic heterocycles. The van der Waals surface area contributed by atoms with Gasteiger partial charge in [-0.15, -0.1) is 11.8 Å². The Kier molecular flexibility index (Phi) is 4.41. The van der Waals surface area contributed by atoms with Gasteiger partial charge in [0.25, 0.3) is 0 Å². The highest BCUT2D eigenvalue weighted by atomic mass is 32.2. The fourth-order valence-electron chi connectivity index (χ4n) is 1.48. The van der Waals surface area contributed by atoms with Crippen molar-refractivity contribution < 1.29 is 19.4 Å². The number of rotatable bonds is 4. The minimum absolute atomic E-state index is 0.0365. The van der Waals surface area contributed by atoms with Crippen LogP contribution in [0.2, 0.25) is 0 Å². The number of carboxylic acid groups (broad SMARTS) is 1. The molecule has 1 heterocycles. The highest BCUT2D eigenvalue weighted by Crippen LogP contribution is 2.28. The highest BCUT2D eigenvalue weighted by Gasteiger charge is 2.39. The number of aliphatic carboxylic acids is 1. The van der Waals surface area contributed by atoms with E-state index in [9.17, 15) is 9.59 Å². The molecule has 2 atom stereocenters. The molecule has 0 saturated carbocycles. The first kappa shape index (κ1) is 12.3. The molecule has 6 heteroatoms.